The van der Waals surface area contributed by atoms with Gasteiger partial charge in [-0.15, -0.1) is 0 Å². The van der Waals surface area contributed by atoms with Crippen LogP contribution in [0.2, 0.25) is 0 Å². The van der Waals surface area contributed by atoms with E-state index in [1.54, 1.807) is 4.57 Å². The molecule has 3 aromatic heterocycles. The standard InChI is InChI=1S/C48H31N3/c1-7-22-42(35(16-1)32-14-13-15-33(30-32)49-43-23-8-2-17-36(43)37-18-3-9-24-44(37)49)51-47-27-12-6-21-40(47)41-31-34(28-29-48(41)51)50-45-25-10-4-19-38(45)39-20-5-11-26-46(39)50/h1-31H/i4D,5D,10D,11D,19D,20D,25D,26D. The minimum Gasteiger partial charge on any atom is -0.309 e. The molecule has 11 rings (SSSR count). The zero-order valence-electron chi connectivity index (χ0n) is 35.1. The molecule has 0 saturated heterocycles. The van der Waals surface area contributed by atoms with Crippen molar-refractivity contribution in [1.29, 1.82) is 0 Å². The van der Waals surface area contributed by atoms with Crippen LogP contribution in [-0.4, -0.2) is 13.7 Å². The molecule has 0 fully saturated rings. The van der Waals surface area contributed by atoms with Gasteiger partial charge in [0.05, 0.1) is 49.8 Å². The highest BCUT2D eigenvalue weighted by molar-refractivity contribution is 6.13. The van der Waals surface area contributed by atoms with Gasteiger partial charge in [-0.25, -0.2) is 0 Å². The number of benzene rings is 8. The molecule has 3 heteroatoms. The van der Waals surface area contributed by atoms with Crippen LogP contribution in [0.4, 0.5) is 0 Å². The van der Waals surface area contributed by atoms with Crippen LogP contribution in [0, 0.1) is 0 Å². The maximum absolute atomic E-state index is 9.02. The summed E-state index contributed by atoms with van der Waals surface area (Å²) in [5.74, 6) is 0. The smallest absolute Gasteiger partial charge is 0.0645 e. The van der Waals surface area contributed by atoms with E-state index < -0.39 is 24.2 Å². The summed E-state index contributed by atoms with van der Waals surface area (Å²) < 4.78 is 75.9. The zero-order chi connectivity index (χ0) is 40.4. The minimum absolute atomic E-state index is 0.0533. The van der Waals surface area contributed by atoms with E-state index in [0.717, 1.165) is 55.3 Å². The lowest BCUT2D eigenvalue weighted by molar-refractivity contribution is 1.16. The van der Waals surface area contributed by atoms with Gasteiger partial charge in [-0.1, -0.05) is 121 Å². The van der Waals surface area contributed by atoms with Crippen LogP contribution in [0.25, 0.3) is 93.6 Å². The van der Waals surface area contributed by atoms with Crippen molar-refractivity contribution in [3.8, 4) is 28.2 Å². The number of fused-ring (bicyclic) bond motifs is 9. The molecule has 0 N–H and O–H groups in total. The highest BCUT2D eigenvalue weighted by atomic mass is 15.0. The molecule has 0 spiro atoms. The first-order valence-corrected chi connectivity index (χ1v) is 16.9. The third kappa shape index (κ3) is 4.06. The number of nitrogens with zero attached hydrogens (tertiary/aromatic N) is 3. The minimum atomic E-state index is -0.466. The van der Waals surface area contributed by atoms with Gasteiger partial charge in [-0.2, -0.15) is 0 Å². The number of para-hydroxylation sites is 6. The Bertz CT molecular complexity index is 3480. The highest BCUT2D eigenvalue weighted by Gasteiger charge is 2.19. The van der Waals surface area contributed by atoms with Crippen LogP contribution in [0.1, 0.15) is 11.0 Å². The Morgan fingerprint density at radius 1 is 0.333 bits per heavy atom. The Morgan fingerprint density at radius 2 is 0.843 bits per heavy atom. The summed E-state index contributed by atoms with van der Waals surface area (Å²) in [4.78, 5) is 0. The third-order valence-electron chi connectivity index (χ3n) is 10.1. The zero-order valence-corrected chi connectivity index (χ0v) is 27.1. The largest absolute Gasteiger partial charge is 0.309 e. The number of rotatable bonds is 4. The predicted octanol–water partition coefficient (Wildman–Crippen LogP) is 12.6. The highest BCUT2D eigenvalue weighted by Crippen LogP contribution is 2.40. The van der Waals surface area contributed by atoms with Gasteiger partial charge in [-0.3, -0.25) is 0 Å². The summed E-state index contributed by atoms with van der Waals surface area (Å²) >= 11 is 0. The molecule has 51 heavy (non-hydrogen) atoms. The molecule has 0 aliphatic carbocycles. The van der Waals surface area contributed by atoms with Gasteiger partial charge in [0.2, 0.25) is 0 Å². The van der Waals surface area contributed by atoms with E-state index in [9.17, 15) is 0 Å². The van der Waals surface area contributed by atoms with Gasteiger partial charge in [0.25, 0.3) is 0 Å². The summed E-state index contributed by atoms with van der Waals surface area (Å²) in [7, 11) is 0. The second kappa shape index (κ2) is 10.8. The molecule has 0 saturated carbocycles. The fourth-order valence-corrected chi connectivity index (χ4v) is 7.96. The van der Waals surface area contributed by atoms with E-state index in [1.165, 1.54) is 10.8 Å². The molecule has 0 aliphatic heterocycles. The van der Waals surface area contributed by atoms with Crippen molar-refractivity contribution >= 4 is 65.4 Å². The van der Waals surface area contributed by atoms with Crippen molar-refractivity contribution in [3.63, 3.8) is 0 Å². The molecule has 0 aliphatic rings. The Balaban J connectivity index is 1.16. The van der Waals surface area contributed by atoms with Gasteiger partial charge in [0.15, 0.2) is 0 Å². The van der Waals surface area contributed by atoms with Crippen LogP contribution in [-0.2, 0) is 0 Å². The molecule has 3 nitrogen and oxygen atoms in total. The van der Waals surface area contributed by atoms with Crippen LogP contribution < -0.4 is 0 Å². The van der Waals surface area contributed by atoms with E-state index in [4.69, 9.17) is 11.0 Å². The summed E-state index contributed by atoms with van der Waals surface area (Å²) in [5.41, 5.74) is 8.87. The van der Waals surface area contributed by atoms with E-state index >= 15 is 0 Å². The summed E-state index contributed by atoms with van der Waals surface area (Å²) in [6, 6.07) is 44.6. The third-order valence-corrected chi connectivity index (χ3v) is 10.1. The molecule has 8 aromatic carbocycles. The molecular formula is C48H31N3. The topological polar surface area (TPSA) is 14.8 Å². The molecule has 0 amide bonds. The van der Waals surface area contributed by atoms with Gasteiger partial charge in [0, 0.05) is 49.3 Å². The first-order valence-electron chi connectivity index (χ1n) is 20.9. The normalized spacial score (nSPS) is 14.1. The fraction of sp³-hybridized carbons (Fsp3) is 0. The molecular weight excluding hydrogens is 619 g/mol. The van der Waals surface area contributed by atoms with Crippen molar-refractivity contribution in [2.75, 3.05) is 0 Å². The van der Waals surface area contributed by atoms with Crippen LogP contribution in [0.15, 0.2) is 188 Å². The summed E-state index contributed by atoms with van der Waals surface area (Å²) in [5, 5.41) is 4.31. The van der Waals surface area contributed by atoms with Crippen LogP contribution >= 0.6 is 0 Å². The molecule has 0 unspecified atom stereocenters. The lowest BCUT2D eigenvalue weighted by Crippen LogP contribution is -1.99. The van der Waals surface area contributed by atoms with E-state index in [0.29, 0.717) is 5.69 Å². The van der Waals surface area contributed by atoms with Gasteiger partial charge < -0.3 is 13.7 Å². The van der Waals surface area contributed by atoms with E-state index in [2.05, 4.69) is 100 Å². The van der Waals surface area contributed by atoms with Crippen molar-refractivity contribution in [1.82, 2.24) is 13.7 Å². The quantitative estimate of drug-likeness (QED) is 0.179. The van der Waals surface area contributed by atoms with E-state index in [1.807, 2.05) is 48.5 Å². The van der Waals surface area contributed by atoms with Crippen molar-refractivity contribution in [2.45, 2.75) is 0 Å². The SMILES string of the molecule is [2H]c1c([2H])c([2H])c2c(c1[2H])c1c([2H])c([2H])c([2H])c([2H])c1n2-c1ccc2c(c1)c1ccccc1n2-c1ccccc1-c1cccc(-n2c3ccccc3c3ccccc32)c1. The van der Waals surface area contributed by atoms with Crippen molar-refractivity contribution < 1.29 is 11.0 Å². The fourth-order valence-electron chi connectivity index (χ4n) is 7.96. The number of hydrogen-bond donors (Lipinski definition) is 0. The Labute approximate surface area is 305 Å². The van der Waals surface area contributed by atoms with Crippen molar-refractivity contribution in [2.24, 2.45) is 0 Å². The average molecular weight is 658 g/mol. The van der Waals surface area contributed by atoms with Crippen LogP contribution in [0.5, 0.6) is 0 Å². The molecule has 3 heterocycles. The second-order valence-electron chi connectivity index (χ2n) is 12.8. The first-order chi connectivity index (χ1) is 28.7. The molecule has 11 aromatic rings. The second-order valence-corrected chi connectivity index (χ2v) is 12.8. The first kappa shape index (κ1) is 21.3. The van der Waals surface area contributed by atoms with Crippen molar-refractivity contribution in [3.05, 3.63) is 188 Å². The Kier molecular flexibility index (Phi) is 4.52. The Morgan fingerprint density at radius 3 is 1.53 bits per heavy atom. The maximum atomic E-state index is 9.02. The van der Waals surface area contributed by atoms with Gasteiger partial charge in [-0.05, 0) is 72.2 Å². The lowest BCUT2D eigenvalue weighted by Gasteiger charge is -2.16. The molecule has 238 valence electrons. The summed E-state index contributed by atoms with van der Waals surface area (Å²) in [6.45, 7) is 0. The van der Waals surface area contributed by atoms with E-state index in [-0.39, 0.29) is 46.0 Å². The number of aromatic nitrogens is 3. The Hall–Kier alpha value is -6.84. The predicted molar refractivity (Wildman–Crippen MR) is 215 cm³/mol. The van der Waals surface area contributed by atoms with Gasteiger partial charge >= 0.3 is 0 Å². The molecule has 0 atom stereocenters. The number of hydrogen-bond acceptors (Lipinski definition) is 0. The molecule has 0 bridgehead atoms. The molecule has 0 radical (unpaired) electrons. The van der Waals surface area contributed by atoms with Crippen LogP contribution in [0.3, 0.4) is 0 Å². The monoisotopic (exact) mass is 657 g/mol. The average Bonchev–Trinajstić information content (AvgIpc) is 3.92. The summed E-state index contributed by atoms with van der Waals surface area (Å²) in [6.07, 6.45) is 0. The van der Waals surface area contributed by atoms with Gasteiger partial charge in [0.1, 0.15) is 0 Å². The maximum Gasteiger partial charge on any atom is 0.0645 e. The lowest BCUT2D eigenvalue weighted by atomic mass is 10.0.